The molecule has 0 saturated carbocycles. The Hall–Kier alpha value is -2.00. The van der Waals surface area contributed by atoms with Crippen LogP contribution in [0.15, 0.2) is 48.5 Å². The average molecular weight is 332 g/mol. The molecule has 0 aliphatic carbocycles. The number of carbonyl (C=O) groups is 1. The Morgan fingerprint density at radius 2 is 1.96 bits per heavy atom. The molecular weight excluding hydrogens is 310 g/mol. The van der Waals surface area contributed by atoms with E-state index in [1.807, 2.05) is 44.2 Å². The van der Waals surface area contributed by atoms with Crippen molar-refractivity contribution in [3.05, 3.63) is 64.7 Å². The fourth-order valence-electron chi connectivity index (χ4n) is 2.28. The summed E-state index contributed by atoms with van der Waals surface area (Å²) in [7, 11) is 0. The van der Waals surface area contributed by atoms with Crippen molar-refractivity contribution in [2.45, 2.75) is 32.7 Å². The minimum absolute atomic E-state index is 0.0289. The monoisotopic (exact) mass is 331 g/mol. The lowest BCUT2D eigenvalue weighted by molar-refractivity contribution is -0.123. The number of hydrogen-bond acceptors (Lipinski definition) is 2. The van der Waals surface area contributed by atoms with E-state index in [9.17, 15) is 4.79 Å². The lowest BCUT2D eigenvalue weighted by Crippen LogP contribution is -2.36. The molecule has 2 aromatic rings. The first-order valence-corrected chi connectivity index (χ1v) is 8.14. The van der Waals surface area contributed by atoms with Crippen molar-refractivity contribution in [1.29, 1.82) is 0 Å². The topological polar surface area (TPSA) is 38.3 Å². The van der Waals surface area contributed by atoms with E-state index in [1.54, 1.807) is 6.07 Å². The van der Waals surface area contributed by atoms with Gasteiger partial charge in [0.15, 0.2) is 6.61 Å². The molecule has 2 aromatic carbocycles. The normalized spacial score (nSPS) is 11.8. The summed E-state index contributed by atoms with van der Waals surface area (Å²) in [5.41, 5.74) is 2.32. The lowest BCUT2D eigenvalue weighted by atomic mass is 10.1. The minimum atomic E-state index is -0.136. The summed E-state index contributed by atoms with van der Waals surface area (Å²) in [6.07, 6.45) is 1.83. The molecule has 0 saturated heterocycles. The van der Waals surface area contributed by atoms with Crippen LogP contribution in [0.5, 0.6) is 5.75 Å². The van der Waals surface area contributed by atoms with Gasteiger partial charge in [0, 0.05) is 6.04 Å². The SMILES string of the molecule is Cc1ccc(Cl)c(OCC(=O)N[C@H](C)CCc2ccccc2)c1. The van der Waals surface area contributed by atoms with Gasteiger partial charge >= 0.3 is 0 Å². The number of nitrogens with one attached hydrogen (secondary N) is 1. The lowest BCUT2D eigenvalue weighted by Gasteiger charge is -2.15. The average Bonchev–Trinajstić information content (AvgIpc) is 2.55. The van der Waals surface area contributed by atoms with E-state index in [4.69, 9.17) is 16.3 Å². The standard InChI is InChI=1S/C19H22ClNO2/c1-14-8-11-17(20)18(12-14)23-13-19(22)21-15(2)9-10-16-6-4-3-5-7-16/h3-8,11-12,15H,9-10,13H2,1-2H3,(H,21,22)/t15-/m1/s1. The van der Waals surface area contributed by atoms with Crippen molar-refractivity contribution < 1.29 is 9.53 Å². The second-order valence-electron chi connectivity index (χ2n) is 5.72. The van der Waals surface area contributed by atoms with Gasteiger partial charge in [-0.1, -0.05) is 48.0 Å². The summed E-state index contributed by atoms with van der Waals surface area (Å²) in [6.45, 7) is 3.92. The zero-order valence-corrected chi connectivity index (χ0v) is 14.3. The fourth-order valence-corrected chi connectivity index (χ4v) is 2.45. The molecule has 0 radical (unpaired) electrons. The van der Waals surface area contributed by atoms with E-state index < -0.39 is 0 Å². The van der Waals surface area contributed by atoms with Crippen LogP contribution in [0.2, 0.25) is 5.02 Å². The molecule has 4 heteroatoms. The van der Waals surface area contributed by atoms with Crippen molar-refractivity contribution in [3.8, 4) is 5.75 Å². The molecule has 0 aromatic heterocycles. The molecular formula is C19H22ClNO2. The van der Waals surface area contributed by atoms with Gasteiger partial charge in [-0.05, 0) is 49.9 Å². The number of aryl methyl sites for hydroxylation is 2. The van der Waals surface area contributed by atoms with Crippen LogP contribution in [0.3, 0.4) is 0 Å². The van der Waals surface area contributed by atoms with Gasteiger partial charge in [0.1, 0.15) is 5.75 Å². The third-order valence-corrected chi connectivity index (χ3v) is 3.87. The van der Waals surface area contributed by atoms with Gasteiger partial charge < -0.3 is 10.1 Å². The molecule has 1 amide bonds. The molecule has 0 fully saturated rings. The molecule has 0 aliphatic rings. The summed E-state index contributed by atoms with van der Waals surface area (Å²) < 4.78 is 5.50. The van der Waals surface area contributed by atoms with Crippen LogP contribution in [0.25, 0.3) is 0 Å². The highest BCUT2D eigenvalue weighted by Gasteiger charge is 2.10. The Kier molecular flexibility index (Phi) is 6.48. The summed E-state index contributed by atoms with van der Waals surface area (Å²) in [5.74, 6) is 0.405. The van der Waals surface area contributed by atoms with Crippen LogP contribution in [0.1, 0.15) is 24.5 Å². The van der Waals surface area contributed by atoms with Crippen LogP contribution in [0, 0.1) is 6.92 Å². The van der Waals surface area contributed by atoms with E-state index in [0.29, 0.717) is 10.8 Å². The summed E-state index contributed by atoms with van der Waals surface area (Å²) in [6, 6.07) is 15.8. The molecule has 2 rings (SSSR count). The number of amides is 1. The van der Waals surface area contributed by atoms with Crippen molar-refractivity contribution in [2.24, 2.45) is 0 Å². The highest BCUT2D eigenvalue weighted by Crippen LogP contribution is 2.25. The van der Waals surface area contributed by atoms with E-state index in [1.165, 1.54) is 5.56 Å². The number of halogens is 1. The molecule has 0 bridgehead atoms. The molecule has 0 heterocycles. The quantitative estimate of drug-likeness (QED) is 0.827. The predicted octanol–water partition coefficient (Wildman–Crippen LogP) is 4.16. The number of benzene rings is 2. The Morgan fingerprint density at radius 1 is 1.22 bits per heavy atom. The van der Waals surface area contributed by atoms with Crippen LogP contribution >= 0.6 is 11.6 Å². The second kappa shape index (κ2) is 8.59. The number of carbonyl (C=O) groups excluding carboxylic acids is 1. The largest absolute Gasteiger partial charge is 0.482 e. The molecule has 1 atom stereocenters. The molecule has 0 spiro atoms. The van der Waals surface area contributed by atoms with Crippen molar-refractivity contribution in [3.63, 3.8) is 0 Å². The van der Waals surface area contributed by atoms with Gasteiger partial charge in [-0.15, -0.1) is 0 Å². The van der Waals surface area contributed by atoms with Crippen LogP contribution in [0.4, 0.5) is 0 Å². The summed E-state index contributed by atoms with van der Waals surface area (Å²) in [4.78, 5) is 12.0. The van der Waals surface area contributed by atoms with Crippen LogP contribution < -0.4 is 10.1 Å². The molecule has 3 nitrogen and oxygen atoms in total. The Labute approximate surface area is 142 Å². The molecule has 0 aliphatic heterocycles. The zero-order valence-electron chi connectivity index (χ0n) is 13.5. The summed E-state index contributed by atoms with van der Waals surface area (Å²) in [5, 5.41) is 3.46. The summed E-state index contributed by atoms with van der Waals surface area (Å²) >= 11 is 6.05. The van der Waals surface area contributed by atoms with Gasteiger partial charge in [0.2, 0.25) is 0 Å². The maximum absolute atomic E-state index is 12.0. The predicted molar refractivity (Wildman–Crippen MR) is 94.1 cm³/mol. The first kappa shape index (κ1) is 17.4. The first-order chi connectivity index (χ1) is 11.0. The third kappa shape index (κ3) is 5.95. The van der Waals surface area contributed by atoms with Crippen LogP contribution in [-0.2, 0) is 11.2 Å². The van der Waals surface area contributed by atoms with E-state index in [2.05, 4.69) is 17.4 Å². The van der Waals surface area contributed by atoms with Crippen LogP contribution in [-0.4, -0.2) is 18.6 Å². The molecule has 1 N–H and O–H groups in total. The van der Waals surface area contributed by atoms with E-state index in [0.717, 1.165) is 18.4 Å². The maximum atomic E-state index is 12.0. The third-order valence-electron chi connectivity index (χ3n) is 3.56. The van der Waals surface area contributed by atoms with Gasteiger partial charge in [-0.3, -0.25) is 4.79 Å². The number of hydrogen-bond donors (Lipinski definition) is 1. The minimum Gasteiger partial charge on any atom is -0.482 e. The van der Waals surface area contributed by atoms with Crippen molar-refractivity contribution in [1.82, 2.24) is 5.32 Å². The second-order valence-corrected chi connectivity index (χ2v) is 6.12. The molecule has 122 valence electrons. The van der Waals surface area contributed by atoms with Gasteiger partial charge in [0.05, 0.1) is 5.02 Å². The maximum Gasteiger partial charge on any atom is 0.258 e. The number of rotatable bonds is 7. The first-order valence-electron chi connectivity index (χ1n) is 7.77. The highest BCUT2D eigenvalue weighted by atomic mass is 35.5. The Morgan fingerprint density at radius 3 is 2.70 bits per heavy atom. The zero-order chi connectivity index (χ0) is 16.7. The van der Waals surface area contributed by atoms with E-state index in [-0.39, 0.29) is 18.6 Å². The van der Waals surface area contributed by atoms with Gasteiger partial charge in [-0.2, -0.15) is 0 Å². The van der Waals surface area contributed by atoms with Gasteiger partial charge in [-0.25, -0.2) is 0 Å². The fraction of sp³-hybridized carbons (Fsp3) is 0.316. The highest BCUT2D eigenvalue weighted by molar-refractivity contribution is 6.32. The molecule has 23 heavy (non-hydrogen) atoms. The van der Waals surface area contributed by atoms with Gasteiger partial charge in [0.25, 0.3) is 5.91 Å². The van der Waals surface area contributed by atoms with E-state index >= 15 is 0 Å². The Bertz CT molecular complexity index is 643. The van der Waals surface area contributed by atoms with Crippen molar-refractivity contribution in [2.75, 3.05) is 6.61 Å². The number of ether oxygens (including phenoxy) is 1. The Balaban J connectivity index is 1.74. The molecule has 0 unspecified atom stereocenters. The smallest absolute Gasteiger partial charge is 0.258 e. The van der Waals surface area contributed by atoms with Crippen molar-refractivity contribution >= 4 is 17.5 Å².